The number of aliphatic hydroxyl groups is 1. The van der Waals surface area contributed by atoms with Crippen LogP contribution < -0.4 is 0 Å². The second-order valence-corrected chi connectivity index (χ2v) is 6.59. The molecule has 128 valence electrons. The fourth-order valence-corrected chi connectivity index (χ4v) is 3.14. The lowest BCUT2D eigenvalue weighted by molar-refractivity contribution is 0.0896. The highest BCUT2D eigenvalue weighted by Gasteiger charge is 2.29. The van der Waals surface area contributed by atoms with Crippen molar-refractivity contribution in [2.45, 2.75) is 25.6 Å². The van der Waals surface area contributed by atoms with E-state index in [4.69, 9.17) is 0 Å². The minimum absolute atomic E-state index is 0.335. The van der Waals surface area contributed by atoms with E-state index in [1.54, 1.807) is 13.1 Å². The van der Waals surface area contributed by atoms with E-state index in [0.717, 1.165) is 25.2 Å². The van der Waals surface area contributed by atoms with Gasteiger partial charge in [0, 0.05) is 32.0 Å². The molecular weight excluding hydrogens is 314 g/mol. The van der Waals surface area contributed by atoms with Crippen molar-refractivity contribution in [1.82, 2.24) is 24.9 Å². The van der Waals surface area contributed by atoms with Crippen LogP contribution in [0, 0.1) is 0 Å². The monoisotopic (exact) mass is 335 g/mol. The third-order valence-electron chi connectivity index (χ3n) is 4.60. The van der Waals surface area contributed by atoms with E-state index in [1.165, 1.54) is 11.1 Å². The molecule has 1 unspecified atom stereocenters. The lowest BCUT2D eigenvalue weighted by Gasteiger charge is -2.39. The molecule has 4 rings (SSSR count). The fourth-order valence-electron chi connectivity index (χ4n) is 3.14. The molecule has 1 N–H and O–H groups in total. The highest BCUT2D eigenvalue weighted by Crippen LogP contribution is 2.25. The van der Waals surface area contributed by atoms with E-state index in [0.29, 0.717) is 11.7 Å². The number of benzene rings is 1. The summed E-state index contributed by atoms with van der Waals surface area (Å²) in [6.45, 7) is 4.51. The molecule has 0 radical (unpaired) electrons. The molecule has 1 atom stereocenters. The molecule has 6 nitrogen and oxygen atoms in total. The van der Waals surface area contributed by atoms with Crippen LogP contribution in [0.4, 0.5) is 0 Å². The molecule has 3 aromatic rings. The zero-order valence-electron chi connectivity index (χ0n) is 14.2. The van der Waals surface area contributed by atoms with Crippen molar-refractivity contribution in [2.24, 2.45) is 0 Å². The second-order valence-electron chi connectivity index (χ2n) is 6.59. The molecule has 0 bridgehead atoms. The molecule has 1 aliphatic heterocycles. The van der Waals surface area contributed by atoms with Crippen molar-refractivity contribution in [3.63, 3.8) is 0 Å². The minimum Gasteiger partial charge on any atom is -0.387 e. The van der Waals surface area contributed by atoms with Gasteiger partial charge in [-0.2, -0.15) is 0 Å². The Hall–Kier alpha value is -2.57. The van der Waals surface area contributed by atoms with Crippen LogP contribution in [-0.4, -0.2) is 43.1 Å². The molecule has 0 saturated carbocycles. The van der Waals surface area contributed by atoms with Gasteiger partial charge in [0.1, 0.15) is 5.69 Å². The number of rotatable bonds is 5. The number of hydrogen-bond acceptors (Lipinski definition) is 5. The van der Waals surface area contributed by atoms with Crippen molar-refractivity contribution in [2.75, 3.05) is 13.1 Å². The molecule has 0 amide bonds. The van der Waals surface area contributed by atoms with E-state index >= 15 is 0 Å². The van der Waals surface area contributed by atoms with Crippen molar-refractivity contribution < 1.29 is 5.11 Å². The highest BCUT2D eigenvalue weighted by molar-refractivity contribution is 5.62. The van der Waals surface area contributed by atoms with Gasteiger partial charge >= 0.3 is 0 Å². The fraction of sp³-hybridized carbons (Fsp3) is 0.316. The first-order valence-corrected chi connectivity index (χ1v) is 8.50. The molecule has 2 aromatic heterocycles. The van der Waals surface area contributed by atoms with E-state index < -0.39 is 6.10 Å². The van der Waals surface area contributed by atoms with Gasteiger partial charge in [0.2, 0.25) is 0 Å². The van der Waals surface area contributed by atoms with Crippen LogP contribution in [-0.2, 0) is 6.54 Å². The predicted octanol–water partition coefficient (Wildman–Crippen LogP) is 2.45. The summed E-state index contributed by atoms with van der Waals surface area (Å²) in [4.78, 5) is 6.58. The van der Waals surface area contributed by atoms with Crippen LogP contribution >= 0.6 is 0 Å². The molecule has 0 aliphatic carbocycles. The predicted molar refractivity (Wildman–Crippen MR) is 94.6 cm³/mol. The van der Waals surface area contributed by atoms with Crippen molar-refractivity contribution in [3.8, 4) is 11.1 Å². The van der Waals surface area contributed by atoms with Crippen molar-refractivity contribution in [3.05, 3.63) is 66.2 Å². The molecule has 3 heterocycles. The lowest BCUT2D eigenvalue weighted by Crippen LogP contribution is -2.47. The molecule has 6 heteroatoms. The SMILES string of the molecule is CC(O)c1cn(C2CN(Cc3cccc(-c4cccnc4)c3)C2)nn1. The van der Waals surface area contributed by atoms with Gasteiger partial charge in [0.25, 0.3) is 0 Å². The maximum absolute atomic E-state index is 9.55. The van der Waals surface area contributed by atoms with E-state index in [1.807, 2.05) is 23.1 Å². The third kappa shape index (κ3) is 3.45. The van der Waals surface area contributed by atoms with Crippen molar-refractivity contribution in [1.29, 1.82) is 0 Å². The quantitative estimate of drug-likeness (QED) is 0.776. The van der Waals surface area contributed by atoms with Gasteiger partial charge in [-0.15, -0.1) is 5.10 Å². The Labute approximate surface area is 146 Å². The first-order valence-electron chi connectivity index (χ1n) is 8.50. The lowest BCUT2D eigenvalue weighted by atomic mass is 10.0. The maximum Gasteiger partial charge on any atom is 0.111 e. The van der Waals surface area contributed by atoms with Gasteiger partial charge in [0.15, 0.2) is 0 Å². The second kappa shape index (κ2) is 6.74. The van der Waals surface area contributed by atoms with Gasteiger partial charge in [-0.3, -0.25) is 9.88 Å². The molecule has 25 heavy (non-hydrogen) atoms. The van der Waals surface area contributed by atoms with Crippen LogP contribution in [0.2, 0.25) is 0 Å². The Bertz CT molecular complexity index is 840. The van der Waals surface area contributed by atoms with E-state index in [2.05, 4.69) is 50.5 Å². The number of likely N-dealkylation sites (tertiary alicyclic amines) is 1. The summed E-state index contributed by atoms with van der Waals surface area (Å²) in [7, 11) is 0. The molecule has 1 aliphatic rings. The minimum atomic E-state index is -0.569. The molecule has 1 saturated heterocycles. The Kier molecular flexibility index (Phi) is 4.29. The molecule has 1 aromatic carbocycles. The first-order chi connectivity index (χ1) is 12.2. The largest absolute Gasteiger partial charge is 0.387 e. The van der Waals surface area contributed by atoms with Gasteiger partial charge < -0.3 is 5.11 Å². The first kappa shape index (κ1) is 15.9. The molecule has 1 fully saturated rings. The van der Waals surface area contributed by atoms with E-state index in [9.17, 15) is 5.11 Å². The summed E-state index contributed by atoms with van der Waals surface area (Å²) in [5.41, 5.74) is 4.25. The summed E-state index contributed by atoms with van der Waals surface area (Å²) in [5.74, 6) is 0. The molecular formula is C19H21N5O. The van der Waals surface area contributed by atoms with Crippen LogP contribution in [0.3, 0.4) is 0 Å². The van der Waals surface area contributed by atoms with Gasteiger partial charge in [-0.05, 0) is 35.7 Å². The summed E-state index contributed by atoms with van der Waals surface area (Å²) >= 11 is 0. The Morgan fingerprint density at radius 3 is 2.76 bits per heavy atom. The number of hydrogen-bond donors (Lipinski definition) is 1. The average molecular weight is 335 g/mol. The Morgan fingerprint density at radius 2 is 2.04 bits per heavy atom. The Morgan fingerprint density at radius 1 is 1.20 bits per heavy atom. The van der Waals surface area contributed by atoms with Gasteiger partial charge in [-0.25, -0.2) is 4.68 Å². The summed E-state index contributed by atoms with van der Waals surface area (Å²) in [5, 5.41) is 17.7. The highest BCUT2D eigenvalue weighted by atomic mass is 16.3. The Balaban J connectivity index is 1.38. The zero-order valence-corrected chi connectivity index (χ0v) is 14.2. The summed E-state index contributed by atoms with van der Waals surface area (Å²) in [6.07, 6.45) is 4.96. The van der Waals surface area contributed by atoms with Gasteiger partial charge in [0.05, 0.1) is 18.3 Å². The normalized spacial score (nSPS) is 16.6. The van der Waals surface area contributed by atoms with Crippen LogP contribution in [0.5, 0.6) is 0 Å². The summed E-state index contributed by atoms with van der Waals surface area (Å²) < 4.78 is 1.87. The summed E-state index contributed by atoms with van der Waals surface area (Å²) in [6, 6.07) is 13.0. The topological polar surface area (TPSA) is 67.1 Å². The van der Waals surface area contributed by atoms with Crippen LogP contribution in [0.1, 0.15) is 30.3 Å². The van der Waals surface area contributed by atoms with E-state index in [-0.39, 0.29) is 0 Å². The zero-order chi connectivity index (χ0) is 17.2. The van der Waals surface area contributed by atoms with Gasteiger partial charge in [-0.1, -0.05) is 29.5 Å². The smallest absolute Gasteiger partial charge is 0.111 e. The number of aliphatic hydroxyl groups excluding tert-OH is 1. The standard InChI is InChI=1S/C19H21N5O/c1-14(25)19-13-24(22-21-19)18-11-23(12-18)10-15-4-2-5-16(8-15)17-6-3-7-20-9-17/h2-9,13-14,18,25H,10-12H2,1H3. The number of pyridine rings is 1. The number of nitrogens with zero attached hydrogens (tertiary/aromatic N) is 5. The van der Waals surface area contributed by atoms with Crippen LogP contribution in [0.25, 0.3) is 11.1 Å². The maximum atomic E-state index is 9.55. The average Bonchev–Trinajstić information content (AvgIpc) is 3.09. The van der Waals surface area contributed by atoms with Crippen LogP contribution in [0.15, 0.2) is 55.0 Å². The van der Waals surface area contributed by atoms with Crippen molar-refractivity contribution >= 4 is 0 Å². The third-order valence-corrected chi connectivity index (χ3v) is 4.60. The molecule has 0 spiro atoms. The number of aromatic nitrogens is 4.